The summed E-state index contributed by atoms with van der Waals surface area (Å²) in [7, 11) is 0. The van der Waals surface area contributed by atoms with E-state index in [0.717, 1.165) is 11.3 Å². The number of ether oxygens (including phenoxy) is 1. The molecule has 7 heteroatoms. The fraction of sp³-hybridized carbons (Fsp3) is 0.529. The van der Waals surface area contributed by atoms with Gasteiger partial charge in [0.15, 0.2) is 5.78 Å². The van der Waals surface area contributed by atoms with Gasteiger partial charge in [-0.3, -0.25) is 4.79 Å². The van der Waals surface area contributed by atoms with Crippen LogP contribution in [0.2, 0.25) is 0 Å². The Morgan fingerprint density at radius 1 is 1.38 bits per heavy atom. The molecule has 2 heterocycles. The average Bonchev–Trinajstić information content (AvgIpc) is 2.84. The van der Waals surface area contributed by atoms with Crippen LogP contribution in [0.25, 0.3) is 5.82 Å². The van der Waals surface area contributed by atoms with Crippen LogP contribution in [-0.2, 0) is 17.7 Å². The highest BCUT2D eigenvalue weighted by Gasteiger charge is 2.31. The second-order valence-corrected chi connectivity index (χ2v) is 6.70. The molecule has 0 spiro atoms. The summed E-state index contributed by atoms with van der Waals surface area (Å²) in [6.45, 7) is 13.4. The highest BCUT2D eigenvalue weighted by atomic mass is 16.6. The lowest BCUT2D eigenvalue weighted by molar-refractivity contribution is 0.0222. The summed E-state index contributed by atoms with van der Waals surface area (Å²) in [4.78, 5) is 30.0. The van der Waals surface area contributed by atoms with Crippen LogP contribution < -0.4 is 0 Å². The van der Waals surface area contributed by atoms with E-state index in [1.165, 1.54) is 6.92 Å². The van der Waals surface area contributed by atoms with Crippen molar-refractivity contribution in [3.8, 4) is 0 Å². The van der Waals surface area contributed by atoms with Crippen LogP contribution in [0.15, 0.2) is 11.6 Å². The normalized spacial score (nSPS) is 14.6. The number of aliphatic imine (C=N–C) groups is 1. The monoisotopic (exact) mass is 332 g/mol. The number of ketones is 1. The number of rotatable bonds is 3. The molecule has 0 atom stereocenters. The number of hydrogen-bond donors (Lipinski definition) is 0. The summed E-state index contributed by atoms with van der Waals surface area (Å²) in [6.07, 6.45) is 1.80. The van der Waals surface area contributed by atoms with E-state index in [1.54, 1.807) is 22.7 Å². The van der Waals surface area contributed by atoms with Gasteiger partial charge in [-0.15, -0.1) is 0 Å². The molecule has 0 aromatic carbocycles. The standard InChI is InChI=1S/C17H24N4O3/c1-7-18-12(3)21-14-8-9-20(16(23)24-17(4,5)6)10-13(14)15(19-21)11(2)22/h7H,3,8-10H2,1-2,4-6H3. The van der Waals surface area contributed by atoms with Crippen LogP contribution in [0.5, 0.6) is 0 Å². The van der Waals surface area contributed by atoms with Crippen molar-refractivity contribution in [1.29, 1.82) is 0 Å². The van der Waals surface area contributed by atoms with Gasteiger partial charge in [0.25, 0.3) is 0 Å². The highest BCUT2D eigenvalue weighted by molar-refractivity contribution is 5.94. The molecular weight excluding hydrogens is 308 g/mol. The number of amides is 1. The van der Waals surface area contributed by atoms with E-state index in [0.29, 0.717) is 31.0 Å². The van der Waals surface area contributed by atoms with Gasteiger partial charge in [0.05, 0.1) is 12.2 Å². The fourth-order valence-electron chi connectivity index (χ4n) is 2.60. The maximum atomic E-state index is 12.3. The number of hydrogen-bond acceptors (Lipinski definition) is 5. The number of carbonyl (C=O) groups is 2. The molecule has 1 aliphatic rings. The smallest absolute Gasteiger partial charge is 0.410 e. The summed E-state index contributed by atoms with van der Waals surface area (Å²) in [5, 5.41) is 4.35. The average molecular weight is 332 g/mol. The minimum absolute atomic E-state index is 0.149. The molecule has 0 saturated heterocycles. The Bertz CT molecular complexity index is 710. The van der Waals surface area contributed by atoms with Crippen molar-refractivity contribution in [2.75, 3.05) is 6.54 Å². The molecule has 1 aromatic heterocycles. The molecule has 1 aliphatic heterocycles. The van der Waals surface area contributed by atoms with Crippen LogP contribution in [0, 0.1) is 0 Å². The van der Waals surface area contributed by atoms with E-state index in [-0.39, 0.29) is 11.9 Å². The van der Waals surface area contributed by atoms with E-state index in [2.05, 4.69) is 16.7 Å². The Morgan fingerprint density at radius 3 is 2.58 bits per heavy atom. The number of Topliss-reactive ketones (excluding diaryl/α,β-unsaturated/α-hetero) is 1. The van der Waals surface area contributed by atoms with Gasteiger partial charge in [0, 0.05) is 31.7 Å². The predicted octanol–water partition coefficient (Wildman–Crippen LogP) is 2.90. The summed E-state index contributed by atoms with van der Waals surface area (Å²) >= 11 is 0. The molecule has 0 N–H and O–H groups in total. The third-order valence-corrected chi connectivity index (χ3v) is 3.57. The van der Waals surface area contributed by atoms with Crippen molar-refractivity contribution in [1.82, 2.24) is 14.7 Å². The first kappa shape index (κ1) is 17.9. The minimum atomic E-state index is -0.560. The molecule has 24 heavy (non-hydrogen) atoms. The Morgan fingerprint density at radius 2 is 2.04 bits per heavy atom. The van der Waals surface area contributed by atoms with Gasteiger partial charge < -0.3 is 9.64 Å². The molecule has 2 rings (SSSR count). The van der Waals surface area contributed by atoms with Crippen LogP contribution >= 0.6 is 0 Å². The first-order valence-corrected chi connectivity index (χ1v) is 7.91. The fourth-order valence-corrected chi connectivity index (χ4v) is 2.60. The van der Waals surface area contributed by atoms with Crippen molar-refractivity contribution in [3.05, 3.63) is 23.5 Å². The van der Waals surface area contributed by atoms with E-state index in [4.69, 9.17) is 4.74 Å². The Balaban J connectivity index is 2.35. The van der Waals surface area contributed by atoms with E-state index in [9.17, 15) is 9.59 Å². The minimum Gasteiger partial charge on any atom is -0.444 e. The van der Waals surface area contributed by atoms with Crippen molar-refractivity contribution >= 4 is 23.9 Å². The second-order valence-electron chi connectivity index (χ2n) is 6.70. The SMILES string of the molecule is C=C(N=CC)n1nc(C(C)=O)c2c1CCN(C(=O)OC(C)(C)C)C2. The zero-order valence-electron chi connectivity index (χ0n) is 14.9. The molecule has 0 unspecified atom stereocenters. The molecule has 0 bridgehead atoms. The third kappa shape index (κ3) is 3.72. The quantitative estimate of drug-likeness (QED) is 0.630. The van der Waals surface area contributed by atoms with Crippen LogP contribution in [-0.4, -0.2) is 44.9 Å². The number of carbonyl (C=O) groups excluding carboxylic acids is 2. The first-order valence-electron chi connectivity index (χ1n) is 7.91. The van der Waals surface area contributed by atoms with E-state index < -0.39 is 5.60 Å². The van der Waals surface area contributed by atoms with E-state index >= 15 is 0 Å². The lowest BCUT2D eigenvalue weighted by Gasteiger charge is -2.30. The number of fused-ring (bicyclic) bond motifs is 1. The molecule has 7 nitrogen and oxygen atoms in total. The zero-order valence-corrected chi connectivity index (χ0v) is 14.9. The first-order chi connectivity index (χ1) is 11.1. The van der Waals surface area contributed by atoms with Gasteiger partial charge >= 0.3 is 6.09 Å². The van der Waals surface area contributed by atoms with Gasteiger partial charge in [0.2, 0.25) is 0 Å². The number of nitrogens with zero attached hydrogens (tertiary/aromatic N) is 4. The van der Waals surface area contributed by atoms with Crippen molar-refractivity contribution in [2.24, 2.45) is 4.99 Å². The summed E-state index contributed by atoms with van der Waals surface area (Å²) < 4.78 is 7.01. The molecule has 130 valence electrons. The van der Waals surface area contributed by atoms with Crippen molar-refractivity contribution < 1.29 is 14.3 Å². The second kappa shape index (κ2) is 6.59. The molecule has 1 amide bonds. The molecule has 0 fully saturated rings. The van der Waals surface area contributed by atoms with Gasteiger partial charge in [-0.25, -0.2) is 14.5 Å². The maximum Gasteiger partial charge on any atom is 0.410 e. The predicted molar refractivity (Wildman–Crippen MR) is 92.1 cm³/mol. The van der Waals surface area contributed by atoms with Crippen LogP contribution in [0.4, 0.5) is 4.79 Å². The van der Waals surface area contributed by atoms with Crippen molar-refractivity contribution in [2.45, 2.75) is 53.2 Å². The van der Waals surface area contributed by atoms with Crippen LogP contribution in [0.1, 0.15) is 56.4 Å². The lowest BCUT2D eigenvalue weighted by Crippen LogP contribution is -2.40. The Labute approximate surface area is 142 Å². The van der Waals surface area contributed by atoms with E-state index in [1.807, 2.05) is 20.8 Å². The van der Waals surface area contributed by atoms with Crippen molar-refractivity contribution in [3.63, 3.8) is 0 Å². The summed E-state index contributed by atoms with van der Waals surface area (Å²) in [5.74, 6) is 0.302. The molecular formula is C17H24N4O3. The Kier molecular flexibility index (Phi) is 4.91. The van der Waals surface area contributed by atoms with Gasteiger partial charge in [0.1, 0.15) is 17.1 Å². The maximum absolute atomic E-state index is 12.3. The molecule has 0 radical (unpaired) electrons. The summed E-state index contributed by atoms with van der Waals surface area (Å²) in [6, 6.07) is 0. The molecule has 0 saturated carbocycles. The molecule has 1 aromatic rings. The largest absolute Gasteiger partial charge is 0.444 e. The topological polar surface area (TPSA) is 76.8 Å². The number of aromatic nitrogens is 2. The zero-order chi connectivity index (χ0) is 18.1. The van der Waals surface area contributed by atoms with Gasteiger partial charge in [-0.05, 0) is 27.7 Å². The Hall–Kier alpha value is -2.44. The highest BCUT2D eigenvalue weighted by Crippen LogP contribution is 2.26. The third-order valence-electron chi connectivity index (χ3n) is 3.57. The summed E-state index contributed by atoms with van der Waals surface area (Å²) in [5.41, 5.74) is 1.41. The van der Waals surface area contributed by atoms with Gasteiger partial charge in [-0.2, -0.15) is 5.10 Å². The van der Waals surface area contributed by atoms with Crippen LogP contribution in [0.3, 0.4) is 0 Å². The van der Waals surface area contributed by atoms with Gasteiger partial charge in [-0.1, -0.05) is 6.58 Å². The molecule has 0 aliphatic carbocycles. The lowest BCUT2D eigenvalue weighted by atomic mass is 10.0.